The van der Waals surface area contributed by atoms with E-state index in [2.05, 4.69) is 26.1 Å². The average Bonchev–Trinajstić information content (AvgIpc) is 2.78. The molecule has 4 rings (SSSR count). The summed E-state index contributed by atoms with van der Waals surface area (Å²) >= 11 is 0. The Morgan fingerprint density at radius 3 is 2.42 bits per heavy atom. The largest absolute Gasteiger partial charge is 0.476 e. The SMILES string of the molecule is Cc1ccc2c(=O)c(OCC(=O)NC3CCCCC3)c(-c3ccc(C(C)(C)C)cc3)oc2c1. The fourth-order valence-corrected chi connectivity index (χ4v) is 4.38. The van der Waals surface area contributed by atoms with Crippen molar-refractivity contribution in [3.05, 3.63) is 63.8 Å². The van der Waals surface area contributed by atoms with Crippen LogP contribution in [0.25, 0.3) is 22.3 Å². The summed E-state index contributed by atoms with van der Waals surface area (Å²) in [5.74, 6) is 0.219. The molecule has 0 atom stereocenters. The molecule has 0 bridgehead atoms. The van der Waals surface area contributed by atoms with Crippen molar-refractivity contribution < 1.29 is 13.9 Å². The molecule has 0 saturated heterocycles. The highest BCUT2D eigenvalue weighted by Gasteiger charge is 2.21. The summed E-state index contributed by atoms with van der Waals surface area (Å²) in [6.45, 7) is 8.20. The van der Waals surface area contributed by atoms with Crippen LogP contribution in [0.15, 0.2) is 51.7 Å². The van der Waals surface area contributed by atoms with Crippen LogP contribution >= 0.6 is 0 Å². The van der Waals surface area contributed by atoms with Crippen molar-refractivity contribution in [2.75, 3.05) is 6.61 Å². The van der Waals surface area contributed by atoms with Gasteiger partial charge >= 0.3 is 0 Å². The number of hydrogen-bond donors (Lipinski definition) is 1. The molecule has 1 aliphatic rings. The predicted octanol–water partition coefficient (Wildman–Crippen LogP) is 5.89. The van der Waals surface area contributed by atoms with Crippen molar-refractivity contribution in [3.63, 3.8) is 0 Å². The van der Waals surface area contributed by atoms with Crippen molar-refractivity contribution in [3.8, 4) is 17.1 Å². The van der Waals surface area contributed by atoms with Gasteiger partial charge in [-0.1, -0.05) is 70.4 Å². The van der Waals surface area contributed by atoms with Crippen LogP contribution in [0.1, 0.15) is 64.0 Å². The first kappa shape index (κ1) is 23.1. The second-order valence-corrected chi connectivity index (χ2v) is 10.1. The first-order valence-corrected chi connectivity index (χ1v) is 11.8. The Morgan fingerprint density at radius 1 is 1.06 bits per heavy atom. The molecule has 3 aromatic rings. The van der Waals surface area contributed by atoms with Crippen LogP contribution in [0.3, 0.4) is 0 Å². The first-order valence-electron chi connectivity index (χ1n) is 11.8. The molecule has 0 spiro atoms. The molecule has 1 fully saturated rings. The molecular weight excluding hydrogens is 414 g/mol. The van der Waals surface area contributed by atoms with E-state index in [9.17, 15) is 9.59 Å². The third-order valence-electron chi connectivity index (χ3n) is 6.34. The van der Waals surface area contributed by atoms with Gasteiger partial charge in [0, 0.05) is 11.6 Å². The molecule has 1 N–H and O–H groups in total. The average molecular weight is 448 g/mol. The van der Waals surface area contributed by atoms with E-state index in [4.69, 9.17) is 9.15 Å². The van der Waals surface area contributed by atoms with Crippen LogP contribution in [0.5, 0.6) is 5.75 Å². The van der Waals surface area contributed by atoms with Crippen LogP contribution in [-0.2, 0) is 10.2 Å². The highest BCUT2D eigenvalue weighted by atomic mass is 16.5. The Bertz CT molecular complexity index is 1200. The molecule has 174 valence electrons. The Labute approximate surface area is 195 Å². The molecule has 0 radical (unpaired) electrons. The topological polar surface area (TPSA) is 68.5 Å². The number of aryl methyl sites for hydroxylation is 1. The number of nitrogens with one attached hydrogen (secondary N) is 1. The van der Waals surface area contributed by atoms with Crippen molar-refractivity contribution in [2.24, 2.45) is 0 Å². The number of carbonyl (C=O) groups excluding carboxylic acids is 1. The maximum absolute atomic E-state index is 13.3. The maximum Gasteiger partial charge on any atom is 0.258 e. The van der Waals surface area contributed by atoms with Crippen LogP contribution < -0.4 is 15.5 Å². The lowest BCUT2D eigenvalue weighted by molar-refractivity contribution is -0.124. The van der Waals surface area contributed by atoms with E-state index < -0.39 is 0 Å². The second kappa shape index (κ2) is 9.42. The zero-order valence-electron chi connectivity index (χ0n) is 20.0. The molecule has 1 aliphatic carbocycles. The summed E-state index contributed by atoms with van der Waals surface area (Å²) in [5.41, 5.74) is 3.17. The van der Waals surface area contributed by atoms with Crippen molar-refractivity contribution >= 4 is 16.9 Å². The smallest absolute Gasteiger partial charge is 0.258 e. The number of fused-ring (bicyclic) bond motifs is 1. The summed E-state index contributed by atoms with van der Waals surface area (Å²) in [6, 6.07) is 13.6. The number of carbonyl (C=O) groups is 1. The van der Waals surface area contributed by atoms with Gasteiger partial charge in [-0.15, -0.1) is 0 Å². The first-order chi connectivity index (χ1) is 15.7. The molecule has 33 heavy (non-hydrogen) atoms. The van der Waals surface area contributed by atoms with Gasteiger partial charge in [0.15, 0.2) is 12.4 Å². The summed E-state index contributed by atoms with van der Waals surface area (Å²) in [4.78, 5) is 25.9. The Hall–Kier alpha value is -3.08. The lowest BCUT2D eigenvalue weighted by Crippen LogP contribution is -2.39. The van der Waals surface area contributed by atoms with E-state index in [1.165, 1.54) is 12.0 Å². The van der Waals surface area contributed by atoms with Crippen molar-refractivity contribution in [1.82, 2.24) is 5.32 Å². The zero-order valence-corrected chi connectivity index (χ0v) is 20.0. The fraction of sp³-hybridized carbons (Fsp3) is 0.429. The van der Waals surface area contributed by atoms with E-state index >= 15 is 0 Å². The molecule has 1 saturated carbocycles. The van der Waals surface area contributed by atoms with E-state index in [0.717, 1.165) is 36.8 Å². The monoisotopic (exact) mass is 447 g/mol. The standard InChI is InChI=1S/C28H33NO4/c1-18-10-15-22-23(16-18)33-26(19-11-13-20(14-12-19)28(2,3)4)27(25(22)31)32-17-24(30)29-21-8-6-5-7-9-21/h10-16,21H,5-9,17H2,1-4H3,(H,29,30). The third kappa shape index (κ3) is 5.29. The van der Waals surface area contributed by atoms with Crippen LogP contribution in [-0.4, -0.2) is 18.6 Å². The summed E-state index contributed by atoms with van der Waals surface area (Å²) in [7, 11) is 0. The van der Waals surface area contributed by atoms with Gasteiger partial charge in [-0.05, 0) is 48.4 Å². The van der Waals surface area contributed by atoms with Gasteiger partial charge < -0.3 is 14.5 Å². The minimum absolute atomic E-state index is 0.0103. The Balaban J connectivity index is 1.67. The number of rotatable bonds is 5. The lowest BCUT2D eigenvalue weighted by atomic mass is 9.86. The van der Waals surface area contributed by atoms with Crippen LogP contribution in [0.4, 0.5) is 0 Å². The molecule has 5 nitrogen and oxygen atoms in total. The number of benzene rings is 2. The van der Waals surface area contributed by atoms with Gasteiger partial charge in [0.2, 0.25) is 11.2 Å². The molecule has 1 amide bonds. The van der Waals surface area contributed by atoms with E-state index in [1.807, 2.05) is 43.3 Å². The number of ether oxygens (including phenoxy) is 1. The van der Waals surface area contributed by atoms with E-state index in [0.29, 0.717) is 16.7 Å². The highest BCUT2D eigenvalue weighted by molar-refractivity contribution is 5.83. The highest BCUT2D eigenvalue weighted by Crippen LogP contribution is 2.33. The Kier molecular flexibility index (Phi) is 6.59. The molecule has 2 aromatic carbocycles. The third-order valence-corrected chi connectivity index (χ3v) is 6.34. The molecule has 0 unspecified atom stereocenters. The predicted molar refractivity (Wildman–Crippen MR) is 132 cm³/mol. The molecule has 5 heteroatoms. The van der Waals surface area contributed by atoms with Crippen molar-refractivity contribution in [2.45, 2.75) is 71.3 Å². The van der Waals surface area contributed by atoms with Gasteiger partial charge in [0.05, 0.1) is 5.39 Å². The lowest BCUT2D eigenvalue weighted by Gasteiger charge is -2.22. The van der Waals surface area contributed by atoms with Gasteiger partial charge in [-0.25, -0.2) is 0 Å². The van der Waals surface area contributed by atoms with Crippen LogP contribution in [0, 0.1) is 6.92 Å². The minimum atomic E-state index is -0.267. The quantitative estimate of drug-likeness (QED) is 0.529. The summed E-state index contributed by atoms with van der Waals surface area (Å²) < 4.78 is 12.0. The van der Waals surface area contributed by atoms with Gasteiger partial charge in [-0.2, -0.15) is 0 Å². The second-order valence-electron chi connectivity index (χ2n) is 10.1. The summed E-state index contributed by atoms with van der Waals surface area (Å²) in [6.07, 6.45) is 5.48. The minimum Gasteiger partial charge on any atom is -0.476 e. The van der Waals surface area contributed by atoms with E-state index in [-0.39, 0.29) is 35.1 Å². The van der Waals surface area contributed by atoms with Gasteiger partial charge in [0.1, 0.15) is 5.58 Å². The molecular formula is C28H33NO4. The molecule has 1 aromatic heterocycles. The van der Waals surface area contributed by atoms with Gasteiger partial charge in [-0.3, -0.25) is 9.59 Å². The zero-order chi connectivity index (χ0) is 23.6. The maximum atomic E-state index is 13.3. The number of amides is 1. The molecule has 0 aliphatic heterocycles. The van der Waals surface area contributed by atoms with E-state index in [1.54, 1.807) is 6.07 Å². The van der Waals surface area contributed by atoms with Gasteiger partial charge in [0.25, 0.3) is 5.91 Å². The molecule has 1 heterocycles. The van der Waals surface area contributed by atoms with Crippen LogP contribution in [0.2, 0.25) is 0 Å². The number of hydrogen-bond acceptors (Lipinski definition) is 4. The van der Waals surface area contributed by atoms with Crippen molar-refractivity contribution in [1.29, 1.82) is 0 Å². The Morgan fingerprint density at radius 2 is 1.76 bits per heavy atom. The normalized spacial score (nSPS) is 14.9. The fourth-order valence-electron chi connectivity index (χ4n) is 4.38. The summed E-state index contributed by atoms with van der Waals surface area (Å²) in [5, 5.41) is 3.48.